The van der Waals surface area contributed by atoms with Crippen LogP contribution in [0.25, 0.3) is 11.1 Å². The molecular formula is C30H34N6O4S. The van der Waals surface area contributed by atoms with Gasteiger partial charge in [-0.2, -0.15) is 4.31 Å². The molecule has 1 atom stereocenters. The van der Waals surface area contributed by atoms with Crippen molar-refractivity contribution >= 4 is 15.9 Å². The van der Waals surface area contributed by atoms with Crippen LogP contribution in [-0.2, 0) is 39.3 Å². The molecule has 0 fully saturated rings. The van der Waals surface area contributed by atoms with E-state index in [0.29, 0.717) is 24.8 Å². The van der Waals surface area contributed by atoms with Gasteiger partial charge in [-0.25, -0.2) is 8.42 Å². The first kappa shape index (κ1) is 28.6. The van der Waals surface area contributed by atoms with Crippen molar-refractivity contribution < 1.29 is 17.9 Å². The third kappa shape index (κ3) is 6.54. The van der Waals surface area contributed by atoms with Gasteiger partial charge in [0.1, 0.15) is 11.9 Å². The van der Waals surface area contributed by atoms with Crippen LogP contribution < -0.4 is 11.1 Å². The first-order valence-electron chi connectivity index (χ1n) is 13.4. The molecule has 1 aliphatic rings. The molecular weight excluding hydrogens is 540 g/mol. The number of benzene rings is 3. The molecule has 0 aliphatic carbocycles. The van der Waals surface area contributed by atoms with Crippen LogP contribution in [0.5, 0.6) is 0 Å². The lowest BCUT2D eigenvalue weighted by Gasteiger charge is -2.29. The predicted octanol–water partition coefficient (Wildman–Crippen LogP) is 3.26. The van der Waals surface area contributed by atoms with Crippen LogP contribution >= 0.6 is 0 Å². The summed E-state index contributed by atoms with van der Waals surface area (Å²) in [6.45, 7) is 4.37. The Morgan fingerprint density at radius 1 is 0.951 bits per heavy atom. The number of carbonyl (C=O) groups is 1. The summed E-state index contributed by atoms with van der Waals surface area (Å²) in [7, 11) is -3.76. The highest BCUT2D eigenvalue weighted by Gasteiger charge is 2.34. The Morgan fingerprint density at radius 3 is 2.24 bits per heavy atom. The number of nitrogens with zero attached hydrogens (tertiary/aromatic N) is 4. The number of fused-ring (bicyclic) bond motifs is 1. The van der Waals surface area contributed by atoms with E-state index in [1.807, 2.05) is 77.4 Å². The number of nitrogens with one attached hydrogen (secondary N) is 1. The molecule has 4 aromatic rings. The maximum atomic E-state index is 13.5. The molecule has 1 aliphatic heterocycles. The van der Waals surface area contributed by atoms with Gasteiger partial charge in [-0.15, -0.1) is 10.2 Å². The van der Waals surface area contributed by atoms with Crippen molar-refractivity contribution in [1.82, 2.24) is 24.4 Å². The van der Waals surface area contributed by atoms with E-state index in [9.17, 15) is 13.2 Å². The molecule has 3 aromatic carbocycles. The zero-order chi connectivity index (χ0) is 29.0. The molecule has 1 amide bonds. The topological polar surface area (TPSA) is 132 Å². The quantitative estimate of drug-likeness (QED) is 0.297. The number of sulfonamides is 1. The second kappa shape index (κ2) is 11.9. The van der Waals surface area contributed by atoms with E-state index in [1.165, 1.54) is 4.31 Å². The summed E-state index contributed by atoms with van der Waals surface area (Å²) in [6, 6.07) is 25.8. The molecule has 2 heterocycles. The van der Waals surface area contributed by atoms with E-state index in [0.717, 1.165) is 16.7 Å². The smallest absolute Gasteiger partial charge is 0.243 e. The van der Waals surface area contributed by atoms with Gasteiger partial charge >= 0.3 is 0 Å². The normalized spacial score (nSPS) is 14.8. The Labute approximate surface area is 240 Å². The largest absolute Gasteiger partial charge is 0.374 e. The fourth-order valence-electron chi connectivity index (χ4n) is 4.61. The van der Waals surface area contributed by atoms with Crippen LogP contribution in [0.4, 0.5) is 0 Å². The first-order chi connectivity index (χ1) is 19.6. The Morgan fingerprint density at radius 2 is 1.59 bits per heavy atom. The summed E-state index contributed by atoms with van der Waals surface area (Å²) < 4.78 is 36.2. The molecule has 214 valence electrons. The van der Waals surface area contributed by atoms with Gasteiger partial charge in [-0.1, -0.05) is 72.8 Å². The Bertz CT molecular complexity index is 1580. The Balaban J connectivity index is 1.32. The average molecular weight is 575 g/mol. The van der Waals surface area contributed by atoms with Gasteiger partial charge in [0, 0.05) is 13.1 Å². The molecule has 5 rings (SSSR count). The van der Waals surface area contributed by atoms with E-state index in [-0.39, 0.29) is 30.5 Å². The van der Waals surface area contributed by atoms with Gasteiger partial charge in [-0.3, -0.25) is 4.79 Å². The highest BCUT2D eigenvalue weighted by molar-refractivity contribution is 7.89. The zero-order valence-electron chi connectivity index (χ0n) is 23.1. The van der Waals surface area contributed by atoms with Crippen LogP contribution in [-0.4, -0.2) is 52.1 Å². The van der Waals surface area contributed by atoms with Crippen LogP contribution in [0.1, 0.15) is 37.1 Å². The molecule has 11 heteroatoms. The number of hydrogen-bond acceptors (Lipinski definition) is 7. The summed E-state index contributed by atoms with van der Waals surface area (Å²) in [5, 5.41) is 11.6. The van der Waals surface area contributed by atoms with Crippen molar-refractivity contribution in [3.8, 4) is 11.1 Å². The number of nitrogens with two attached hydrogens (primary N) is 1. The third-order valence-electron chi connectivity index (χ3n) is 6.94. The number of carbonyl (C=O) groups excluding carboxylic acids is 1. The number of rotatable bonds is 10. The molecule has 0 unspecified atom stereocenters. The lowest BCUT2D eigenvalue weighted by molar-refractivity contribution is -0.126. The number of ether oxygens (including phenoxy) is 1. The minimum absolute atomic E-state index is 0.0592. The first-order valence-corrected chi connectivity index (χ1v) is 14.9. The van der Waals surface area contributed by atoms with E-state index in [4.69, 9.17) is 10.5 Å². The van der Waals surface area contributed by atoms with Crippen LogP contribution in [0, 0.1) is 0 Å². The summed E-state index contributed by atoms with van der Waals surface area (Å²) in [6.07, 6.45) is 0. The van der Waals surface area contributed by atoms with Crippen LogP contribution in [0.3, 0.4) is 0 Å². The van der Waals surface area contributed by atoms with Crippen molar-refractivity contribution in [3.05, 3.63) is 102 Å². The average Bonchev–Trinajstić information content (AvgIpc) is 3.40. The second-order valence-electron chi connectivity index (χ2n) is 10.6. The fourth-order valence-corrected chi connectivity index (χ4v) is 6.00. The lowest BCUT2D eigenvalue weighted by Crippen LogP contribution is -2.51. The minimum Gasteiger partial charge on any atom is -0.374 e. The summed E-state index contributed by atoms with van der Waals surface area (Å²) >= 11 is 0. The summed E-state index contributed by atoms with van der Waals surface area (Å²) in [5.41, 5.74) is 7.88. The number of hydrogen-bond donors (Lipinski definition) is 2. The van der Waals surface area contributed by atoms with E-state index in [2.05, 4.69) is 15.5 Å². The fraction of sp³-hybridized carbons (Fsp3) is 0.300. The molecule has 3 N–H and O–H groups in total. The van der Waals surface area contributed by atoms with Crippen LogP contribution in [0.2, 0.25) is 0 Å². The van der Waals surface area contributed by atoms with Crippen molar-refractivity contribution in [2.75, 3.05) is 13.2 Å². The van der Waals surface area contributed by atoms with Crippen molar-refractivity contribution in [2.45, 2.75) is 50.0 Å². The van der Waals surface area contributed by atoms with Crippen molar-refractivity contribution in [3.63, 3.8) is 0 Å². The predicted molar refractivity (Wildman–Crippen MR) is 155 cm³/mol. The van der Waals surface area contributed by atoms with E-state index in [1.54, 1.807) is 26.0 Å². The number of aromatic nitrogens is 3. The van der Waals surface area contributed by atoms with Gasteiger partial charge in [0.25, 0.3) is 0 Å². The van der Waals surface area contributed by atoms with Gasteiger partial charge in [0.05, 0.1) is 30.2 Å². The molecule has 0 radical (unpaired) electrons. The lowest BCUT2D eigenvalue weighted by atomic mass is 10.1. The Kier molecular flexibility index (Phi) is 8.32. The maximum absolute atomic E-state index is 13.5. The summed E-state index contributed by atoms with van der Waals surface area (Å²) in [5.74, 6) is 0.627. The van der Waals surface area contributed by atoms with Crippen LogP contribution in [0.15, 0.2) is 89.8 Å². The molecule has 0 bridgehead atoms. The third-order valence-corrected chi connectivity index (χ3v) is 8.80. The summed E-state index contributed by atoms with van der Waals surface area (Å²) in [4.78, 5) is 13.0. The monoisotopic (exact) mass is 574 g/mol. The number of amides is 1. The van der Waals surface area contributed by atoms with E-state index < -0.39 is 21.6 Å². The Hall–Kier alpha value is -3.90. The molecule has 0 spiro atoms. The molecule has 1 aromatic heterocycles. The highest BCUT2D eigenvalue weighted by atomic mass is 32.2. The second-order valence-corrected chi connectivity index (χ2v) is 12.5. The zero-order valence-corrected chi connectivity index (χ0v) is 23.9. The van der Waals surface area contributed by atoms with Gasteiger partial charge in [0.2, 0.25) is 15.9 Å². The van der Waals surface area contributed by atoms with E-state index >= 15 is 0 Å². The molecule has 0 saturated carbocycles. The highest BCUT2D eigenvalue weighted by Crippen LogP contribution is 2.26. The molecule has 41 heavy (non-hydrogen) atoms. The maximum Gasteiger partial charge on any atom is 0.243 e. The van der Waals surface area contributed by atoms with Gasteiger partial charge in [0.15, 0.2) is 5.82 Å². The standard InChI is InChI=1S/C30H34N6O4S/c1-30(2,31)29(37)32-26(21-40-20-22-9-5-3-6-10-22)28-34-33-27-19-35(17-18-36(27)28)41(38,39)25-15-13-24(14-16-25)23-11-7-4-8-12-23/h3-16,26H,17-21,31H2,1-2H3,(H,32,37)/t26-/m1/s1. The molecule has 10 nitrogen and oxygen atoms in total. The SMILES string of the molecule is CC(C)(N)C(=O)N[C@H](COCc1ccccc1)c1nnc2n1CCN(S(=O)(=O)c1ccc(-c3ccccc3)cc1)C2. The van der Waals surface area contributed by atoms with Crippen molar-refractivity contribution in [2.24, 2.45) is 5.73 Å². The van der Waals surface area contributed by atoms with Gasteiger partial charge < -0.3 is 20.4 Å². The minimum atomic E-state index is -3.76. The van der Waals surface area contributed by atoms with Crippen molar-refractivity contribution in [1.29, 1.82) is 0 Å². The van der Waals surface area contributed by atoms with Gasteiger partial charge in [-0.05, 0) is 42.7 Å². The molecule has 0 saturated heterocycles.